The molecule has 2 aromatic rings. The van der Waals surface area contributed by atoms with Gasteiger partial charge in [0.2, 0.25) is 0 Å². The van der Waals surface area contributed by atoms with Gasteiger partial charge in [-0.15, -0.1) is 0 Å². The minimum Gasteiger partial charge on any atom is -0.397 e. The second kappa shape index (κ2) is 2.53. The standard InChI is InChI=1S/C8H8ClN3O/c1-12-7-3-5(10)4(9)2-6(7)11-8(12)13/h2-3H,10H2,1H3,(H,11,13). The van der Waals surface area contributed by atoms with Gasteiger partial charge in [-0.05, 0) is 12.1 Å². The van der Waals surface area contributed by atoms with Gasteiger partial charge in [0, 0.05) is 7.05 Å². The van der Waals surface area contributed by atoms with Gasteiger partial charge in [-0.2, -0.15) is 0 Å². The molecule has 1 heterocycles. The van der Waals surface area contributed by atoms with Crippen LogP contribution in [0.15, 0.2) is 16.9 Å². The first-order valence-corrected chi connectivity index (χ1v) is 4.11. The van der Waals surface area contributed by atoms with Crippen molar-refractivity contribution in [1.29, 1.82) is 0 Å². The number of aromatic nitrogens is 2. The van der Waals surface area contributed by atoms with E-state index in [1.807, 2.05) is 0 Å². The van der Waals surface area contributed by atoms with Crippen LogP contribution in [0.2, 0.25) is 5.02 Å². The normalized spacial score (nSPS) is 10.9. The molecule has 0 spiro atoms. The predicted molar refractivity (Wildman–Crippen MR) is 53.0 cm³/mol. The van der Waals surface area contributed by atoms with E-state index in [1.165, 1.54) is 4.57 Å². The molecule has 0 bridgehead atoms. The zero-order valence-electron chi connectivity index (χ0n) is 6.97. The number of H-pyrrole nitrogens is 1. The topological polar surface area (TPSA) is 63.8 Å². The van der Waals surface area contributed by atoms with Crippen LogP contribution >= 0.6 is 11.6 Å². The second-order valence-electron chi connectivity index (χ2n) is 2.88. The number of fused-ring (bicyclic) bond motifs is 1. The lowest BCUT2D eigenvalue weighted by atomic mass is 10.3. The summed E-state index contributed by atoms with van der Waals surface area (Å²) in [6.07, 6.45) is 0. The average Bonchev–Trinajstić information content (AvgIpc) is 2.32. The number of hydrogen-bond acceptors (Lipinski definition) is 2. The Morgan fingerprint density at radius 1 is 1.54 bits per heavy atom. The highest BCUT2D eigenvalue weighted by Gasteiger charge is 2.05. The van der Waals surface area contributed by atoms with E-state index in [1.54, 1.807) is 19.2 Å². The molecular weight excluding hydrogens is 190 g/mol. The third kappa shape index (κ3) is 1.10. The molecule has 0 aliphatic rings. The van der Waals surface area contributed by atoms with Gasteiger partial charge in [0.05, 0.1) is 21.7 Å². The monoisotopic (exact) mass is 197 g/mol. The number of aryl methyl sites for hydroxylation is 1. The lowest BCUT2D eigenvalue weighted by Crippen LogP contribution is -2.11. The number of benzene rings is 1. The van der Waals surface area contributed by atoms with E-state index in [0.29, 0.717) is 16.2 Å². The first kappa shape index (κ1) is 8.19. The molecule has 0 aliphatic heterocycles. The summed E-state index contributed by atoms with van der Waals surface area (Å²) in [6.45, 7) is 0. The van der Waals surface area contributed by atoms with Gasteiger partial charge in [-0.25, -0.2) is 4.79 Å². The summed E-state index contributed by atoms with van der Waals surface area (Å²) in [5, 5.41) is 0.453. The summed E-state index contributed by atoms with van der Waals surface area (Å²) in [7, 11) is 1.68. The predicted octanol–water partition coefficient (Wildman–Crippen LogP) is 1.10. The fourth-order valence-corrected chi connectivity index (χ4v) is 1.43. The van der Waals surface area contributed by atoms with Gasteiger partial charge < -0.3 is 10.7 Å². The molecule has 0 saturated heterocycles. The molecule has 5 heteroatoms. The molecule has 1 aromatic heterocycles. The smallest absolute Gasteiger partial charge is 0.326 e. The Hall–Kier alpha value is -1.42. The minimum atomic E-state index is -0.170. The molecule has 68 valence electrons. The van der Waals surface area contributed by atoms with Crippen LogP contribution in [0.4, 0.5) is 5.69 Å². The number of aromatic amines is 1. The summed E-state index contributed by atoms with van der Waals surface area (Å²) in [5.41, 5.74) is 7.37. The zero-order valence-corrected chi connectivity index (χ0v) is 7.72. The molecule has 1 aromatic carbocycles. The molecule has 0 saturated carbocycles. The number of nitrogens with zero attached hydrogens (tertiary/aromatic N) is 1. The Bertz CT molecular complexity index is 526. The summed E-state index contributed by atoms with van der Waals surface area (Å²) in [5.74, 6) is 0. The Morgan fingerprint density at radius 2 is 2.23 bits per heavy atom. The Kier molecular flexibility index (Phi) is 1.60. The van der Waals surface area contributed by atoms with E-state index in [9.17, 15) is 4.79 Å². The minimum absolute atomic E-state index is 0.170. The van der Waals surface area contributed by atoms with E-state index in [0.717, 1.165) is 5.52 Å². The summed E-state index contributed by atoms with van der Waals surface area (Å²) >= 11 is 5.79. The fourth-order valence-electron chi connectivity index (χ4n) is 1.26. The highest BCUT2D eigenvalue weighted by molar-refractivity contribution is 6.33. The van der Waals surface area contributed by atoms with Gasteiger partial charge >= 0.3 is 5.69 Å². The van der Waals surface area contributed by atoms with Crippen molar-refractivity contribution in [2.45, 2.75) is 0 Å². The van der Waals surface area contributed by atoms with Crippen molar-refractivity contribution >= 4 is 28.3 Å². The van der Waals surface area contributed by atoms with Crippen molar-refractivity contribution in [3.05, 3.63) is 27.6 Å². The van der Waals surface area contributed by atoms with Crippen molar-refractivity contribution in [2.75, 3.05) is 5.73 Å². The van der Waals surface area contributed by atoms with E-state index < -0.39 is 0 Å². The summed E-state index contributed by atoms with van der Waals surface area (Å²) < 4.78 is 1.49. The highest BCUT2D eigenvalue weighted by Crippen LogP contribution is 2.23. The van der Waals surface area contributed by atoms with Crippen LogP contribution in [-0.4, -0.2) is 9.55 Å². The van der Waals surface area contributed by atoms with Gasteiger partial charge in [0.15, 0.2) is 0 Å². The number of hydrogen-bond donors (Lipinski definition) is 2. The van der Waals surface area contributed by atoms with Crippen molar-refractivity contribution in [3.63, 3.8) is 0 Å². The lowest BCUT2D eigenvalue weighted by molar-refractivity contribution is 0.892. The van der Waals surface area contributed by atoms with E-state index >= 15 is 0 Å². The molecule has 0 fully saturated rings. The molecule has 3 N–H and O–H groups in total. The van der Waals surface area contributed by atoms with Crippen molar-refractivity contribution < 1.29 is 0 Å². The van der Waals surface area contributed by atoms with E-state index in [-0.39, 0.29) is 5.69 Å². The number of nitrogens with two attached hydrogens (primary N) is 1. The van der Waals surface area contributed by atoms with E-state index in [4.69, 9.17) is 17.3 Å². The van der Waals surface area contributed by atoms with Crippen LogP contribution < -0.4 is 11.4 Å². The number of nitrogen functional groups attached to an aromatic ring is 1. The van der Waals surface area contributed by atoms with Gasteiger partial charge in [0.1, 0.15) is 0 Å². The Morgan fingerprint density at radius 3 is 2.92 bits per heavy atom. The maximum Gasteiger partial charge on any atom is 0.326 e. The van der Waals surface area contributed by atoms with Crippen molar-refractivity contribution in [2.24, 2.45) is 7.05 Å². The summed E-state index contributed by atoms with van der Waals surface area (Å²) in [4.78, 5) is 13.8. The number of nitrogens with one attached hydrogen (secondary N) is 1. The molecule has 0 unspecified atom stereocenters. The Labute approximate surface area is 78.9 Å². The average molecular weight is 198 g/mol. The van der Waals surface area contributed by atoms with Crippen LogP contribution in [0.5, 0.6) is 0 Å². The van der Waals surface area contributed by atoms with Crippen LogP contribution in [0.3, 0.4) is 0 Å². The number of rotatable bonds is 0. The van der Waals surface area contributed by atoms with Crippen LogP contribution in [0.25, 0.3) is 11.0 Å². The maximum atomic E-state index is 11.2. The molecule has 0 radical (unpaired) electrons. The highest BCUT2D eigenvalue weighted by atomic mass is 35.5. The molecule has 2 rings (SSSR count). The van der Waals surface area contributed by atoms with Crippen LogP contribution in [0, 0.1) is 0 Å². The first-order chi connectivity index (χ1) is 6.09. The second-order valence-corrected chi connectivity index (χ2v) is 3.29. The molecule has 0 aliphatic carbocycles. The fraction of sp³-hybridized carbons (Fsp3) is 0.125. The molecule has 0 amide bonds. The van der Waals surface area contributed by atoms with Crippen molar-refractivity contribution in [1.82, 2.24) is 9.55 Å². The van der Waals surface area contributed by atoms with Crippen molar-refractivity contribution in [3.8, 4) is 0 Å². The molecule has 13 heavy (non-hydrogen) atoms. The SMILES string of the molecule is Cn1c(=O)[nH]c2cc(Cl)c(N)cc21. The summed E-state index contributed by atoms with van der Waals surface area (Å²) in [6, 6.07) is 3.32. The maximum absolute atomic E-state index is 11.2. The number of anilines is 1. The van der Waals surface area contributed by atoms with Gasteiger partial charge in [-0.1, -0.05) is 11.6 Å². The molecule has 0 atom stereocenters. The van der Waals surface area contributed by atoms with E-state index in [2.05, 4.69) is 4.98 Å². The van der Waals surface area contributed by atoms with Gasteiger partial charge in [0.25, 0.3) is 0 Å². The molecular formula is C8H8ClN3O. The van der Waals surface area contributed by atoms with Gasteiger partial charge in [-0.3, -0.25) is 4.57 Å². The number of imidazole rings is 1. The largest absolute Gasteiger partial charge is 0.397 e. The third-order valence-electron chi connectivity index (χ3n) is 2.02. The Balaban J connectivity index is 2.97. The van der Waals surface area contributed by atoms with Crippen LogP contribution in [0.1, 0.15) is 0 Å². The van der Waals surface area contributed by atoms with Crippen LogP contribution in [-0.2, 0) is 7.05 Å². The first-order valence-electron chi connectivity index (χ1n) is 3.73. The quantitative estimate of drug-likeness (QED) is 0.622. The third-order valence-corrected chi connectivity index (χ3v) is 2.35. The number of halogens is 1. The zero-order chi connectivity index (χ0) is 9.59. The molecule has 4 nitrogen and oxygen atoms in total. The lowest BCUT2D eigenvalue weighted by Gasteiger charge is -1.98.